The van der Waals surface area contributed by atoms with Crippen molar-refractivity contribution in [1.29, 1.82) is 0 Å². The highest BCUT2D eigenvalue weighted by molar-refractivity contribution is 5.88. The zero-order chi connectivity index (χ0) is 18.3. The first-order chi connectivity index (χ1) is 13.2. The second-order valence-electron chi connectivity index (χ2n) is 8.58. The van der Waals surface area contributed by atoms with E-state index in [2.05, 4.69) is 31.0 Å². The third-order valence-corrected chi connectivity index (χ3v) is 6.86. The minimum absolute atomic E-state index is 0.199. The highest BCUT2D eigenvalue weighted by atomic mass is 16.5. The number of anilines is 1. The number of hydrogen-bond donors (Lipinski definition) is 2. The first-order valence-electron chi connectivity index (χ1n) is 10.3. The average molecular weight is 371 g/mol. The van der Waals surface area contributed by atoms with E-state index in [1.54, 1.807) is 0 Å². The van der Waals surface area contributed by atoms with E-state index >= 15 is 0 Å². The molecule has 0 bridgehead atoms. The summed E-state index contributed by atoms with van der Waals surface area (Å²) in [5.41, 5.74) is 2.32. The molecule has 2 aromatic heterocycles. The number of rotatable bonds is 2. The Hall–Kier alpha value is -1.70. The van der Waals surface area contributed by atoms with Crippen LogP contribution < -0.4 is 4.90 Å². The fraction of sp³-hybridized carbons (Fsp3) is 0.700. The molecule has 1 atom stereocenters. The summed E-state index contributed by atoms with van der Waals surface area (Å²) in [6, 6.07) is 2.68. The first kappa shape index (κ1) is 17.4. The van der Waals surface area contributed by atoms with E-state index < -0.39 is 0 Å². The van der Waals surface area contributed by atoms with Gasteiger partial charge in [0.1, 0.15) is 0 Å². The van der Waals surface area contributed by atoms with Gasteiger partial charge in [-0.25, -0.2) is 4.98 Å². The summed E-state index contributed by atoms with van der Waals surface area (Å²) in [6.45, 7) is 5.73. The molecule has 0 aromatic carbocycles. The van der Waals surface area contributed by atoms with E-state index in [-0.39, 0.29) is 11.5 Å². The molecule has 7 heteroatoms. The summed E-state index contributed by atoms with van der Waals surface area (Å²) in [5.74, 6) is 0. The molecule has 7 nitrogen and oxygen atoms in total. The van der Waals surface area contributed by atoms with Gasteiger partial charge >= 0.3 is 0 Å². The maximum absolute atomic E-state index is 10.6. The number of aliphatic hydroxyl groups excluding tert-OH is 1. The maximum Gasteiger partial charge on any atom is 0.157 e. The van der Waals surface area contributed by atoms with Crippen molar-refractivity contribution in [1.82, 2.24) is 20.1 Å². The molecule has 1 spiro atoms. The molecule has 2 aromatic rings. The summed E-state index contributed by atoms with van der Waals surface area (Å²) in [7, 11) is 0. The second kappa shape index (κ2) is 7.04. The van der Waals surface area contributed by atoms with Crippen LogP contribution in [0.2, 0.25) is 0 Å². The molecule has 3 fully saturated rings. The van der Waals surface area contributed by atoms with Gasteiger partial charge in [0, 0.05) is 51.6 Å². The molecule has 3 saturated heterocycles. The number of pyridine rings is 1. The van der Waals surface area contributed by atoms with Crippen LogP contribution in [-0.2, 0) is 4.74 Å². The lowest BCUT2D eigenvalue weighted by Gasteiger charge is -2.51. The first-order valence-corrected chi connectivity index (χ1v) is 10.3. The highest BCUT2D eigenvalue weighted by Crippen LogP contribution is 2.42. The minimum atomic E-state index is -0.199. The van der Waals surface area contributed by atoms with Crippen LogP contribution in [0, 0.1) is 5.41 Å². The standard InChI is InChI=1S/C20H29N5O2/c26-16-11-20(14-25(13-16)15-2-9-27-10-3-15)4-7-24(8-5-20)18-1-6-21-19-17(18)12-22-23-19/h1,6,12,15-16,26H,2-5,7-11,13-14H2,(H,21,22,23). The number of ether oxygens (including phenoxy) is 1. The molecular formula is C20H29N5O2. The molecule has 0 amide bonds. The zero-order valence-electron chi connectivity index (χ0n) is 15.8. The molecule has 0 aliphatic carbocycles. The molecular weight excluding hydrogens is 342 g/mol. The number of nitrogens with one attached hydrogen (secondary N) is 1. The van der Waals surface area contributed by atoms with Crippen LogP contribution in [0.5, 0.6) is 0 Å². The van der Waals surface area contributed by atoms with Gasteiger partial charge in [-0.2, -0.15) is 5.10 Å². The highest BCUT2D eigenvalue weighted by Gasteiger charge is 2.43. The largest absolute Gasteiger partial charge is 0.392 e. The van der Waals surface area contributed by atoms with Crippen molar-refractivity contribution < 1.29 is 9.84 Å². The molecule has 0 saturated carbocycles. The van der Waals surface area contributed by atoms with Gasteiger partial charge in [-0.05, 0) is 43.6 Å². The topological polar surface area (TPSA) is 77.5 Å². The third-order valence-electron chi connectivity index (χ3n) is 6.86. The Morgan fingerprint density at radius 1 is 1.22 bits per heavy atom. The number of nitrogens with zero attached hydrogens (tertiary/aromatic N) is 4. The normalized spacial score (nSPS) is 27.4. The van der Waals surface area contributed by atoms with Gasteiger partial charge in [-0.1, -0.05) is 0 Å². The van der Waals surface area contributed by atoms with E-state index in [1.807, 2.05) is 12.4 Å². The zero-order valence-corrected chi connectivity index (χ0v) is 15.8. The number of H-pyrrole nitrogens is 1. The van der Waals surface area contributed by atoms with Gasteiger partial charge in [0.15, 0.2) is 5.65 Å². The molecule has 146 valence electrons. The van der Waals surface area contributed by atoms with Crippen LogP contribution in [0.25, 0.3) is 11.0 Å². The summed E-state index contributed by atoms with van der Waals surface area (Å²) in [6.07, 6.45) is 8.94. The molecule has 3 aliphatic rings. The maximum atomic E-state index is 10.6. The number of aromatic amines is 1. The molecule has 27 heavy (non-hydrogen) atoms. The number of fused-ring (bicyclic) bond motifs is 1. The van der Waals surface area contributed by atoms with E-state index in [0.717, 1.165) is 82.5 Å². The van der Waals surface area contributed by atoms with Gasteiger partial charge in [0.25, 0.3) is 0 Å². The number of likely N-dealkylation sites (tertiary alicyclic amines) is 1. The van der Waals surface area contributed by atoms with E-state index in [4.69, 9.17) is 4.74 Å². The molecule has 3 aliphatic heterocycles. The smallest absolute Gasteiger partial charge is 0.157 e. The Morgan fingerprint density at radius 3 is 2.85 bits per heavy atom. The van der Waals surface area contributed by atoms with Crippen LogP contribution in [0.3, 0.4) is 0 Å². The van der Waals surface area contributed by atoms with Crippen LogP contribution in [-0.4, -0.2) is 76.7 Å². The average Bonchev–Trinajstić information content (AvgIpc) is 3.18. The van der Waals surface area contributed by atoms with Crippen molar-refractivity contribution in [3.8, 4) is 0 Å². The number of aromatic nitrogens is 3. The summed E-state index contributed by atoms with van der Waals surface area (Å²) in [5, 5.41) is 18.8. The minimum Gasteiger partial charge on any atom is -0.392 e. The lowest BCUT2D eigenvalue weighted by molar-refractivity contribution is -0.0601. The van der Waals surface area contributed by atoms with Crippen LogP contribution in [0.4, 0.5) is 5.69 Å². The van der Waals surface area contributed by atoms with Gasteiger partial charge in [-0.15, -0.1) is 0 Å². The van der Waals surface area contributed by atoms with Crippen LogP contribution >= 0.6 is 0 Å². The molecule has 5 rings (SSSR count). The van der Waals surface area contributed by atoms with E-state index in [0.29, 0.717) is 6.04 Å². The van der Waals surface area contributed by atoms with Crippen molar-refractivity contribution in [2.45, 2.75) is 44.2 Å². The lowest BCUT2D eigenvalue weighted by atomic mass is 9.71. The van der Waals surface area contributed by atoms with E-state index in [1.165, 1.54) is 5.69 Å². The SMILES string of the molecule is OC1CN(C2CCOCC2)CC2(CCN(c3ccnc4[nH]ncc34)CC2)C1. The Kier molecular flexibility index (Phi) is 4.53. The van der Waals surface area contributed by atoms with Crippen LogP contribution in [0.15, 0.2) is 18.5 Å². The molecule has 1 unspecified atom stereocenters. The Labute approximate surface area is 159 Å². The number of hydrogen-bond acceptors (Lipinski definition) is 6. The Balaban J connectivity index is 1.30. The van der Waals surface area contributed by atoms with Gasteiger partial charge < -0.3 is 14.7 Å². The van der Waals surface area contributed by atoms with Gasteiger partial charge in [0.2, 0.25) is 0 Å². The Morgan fingerprint density at radius 2 is 2.04 bits per heavy atom. The van der Waals surface area contributed by atoms with Crippen molar-refractivity contribution in [3.63, 3.8) is 0 Å². The third kappa shape index (κ3) is 3.32. The fourth-order valence-electron chi connectivity index (χ4n) is 5.42. The summed E-state index contributed by atoms with van der Waals surface area (Å²) in [4.78, 5) is 9.38. The van der Waals surface area contributed by atoms with Crippen molar-refractivity contribution in [3.05, 3.63) is 18.5 Å². The number of piperidine rings is 2. The number of β-amino-alcohol motifs (C(OH)–C–C–N with tert-alkyl or cyclic N) is 1. The number of aliphatic hydroxyl groups is 1. The summed E-state index contributed by atoms with van der Waals surface area (Å²) < 4.78 is 5.54. The van der Waals surface area contributed by atoms with Crippen molar-refractivity contribution in [2.24, 2.45) is 5.41 Å². The predicted molar refractivity (Wildman–Crippen MR) is 104 cm³/mol. The predicted octanol–water partition coefficient (Wildman–Crippen LogP) is 1.79. The quantitative estimate of drug-likeness (QED) is 0.838. The van der Waals surface area contributed by atoms with Crippen LogP contribution in [0.1, 0.15) is 32.1 Å². The fourth-order valence-corrected chi connectivity index (χ4v) is 5.42. The summed E-state index contributed by atoms with van der Waals surface area (Å²) >= 11 is 0. The van der Waals surface area contributed by atoms with E-state index in [9.17, 15) is 5.11 Å². The second-order valence-corrected chi connectivity index (χ2v) is 8.58. The lowest BCUT2D eigenvalue weighted by Crippen LogP contribution is -2.57. The Bertz CT molecular complexity index is 780. The molecule has 0 radical (unpaired) electrons. The van der Waals surface area contributed by atoms with Crippen molar-refractivity contribution >= 4 is 16.7 Å². The monoisotopic (exact) mass is 371 g/mol. The molecule has 5 heterocycles. The van der Waals surface area contributed by atoms with Gasteiger partial charge in [-0.3, -0.25) is 10.00 Å². The van der Waals surface area contributed by atoms with Gasteiger partial charge in [0.05, 0.1) is 23.4 Å². The molecule has 2 N–H and O–H groups in total. The van der Waals surface area contributed by atoms with Crippen molar-refractivity contribution in [2.75, 3.05) is 44.3 Å².